The molecule has 1 aromatic rings. The van der Waals surface area contributed by atoms with Crippen molar-refractivity contribution in [2.45, 2.75) is 33.6 Å². The van der Waals surface area contributed by atoms with E-state index in [9.17, 15) is 9.59 Å². The summed E-state index contributed by atoms with van der Waals surface area (Å²) in [6.45, 7) is 7.55. The van der Waals surface area contributed by atoms with Crippen molar-refractivity contribution in [2.24, 2.45) is 0 Å². The first-order valence-corrected chi connectivity index (χ1v) is 7.11. The number of benzene rings is 1. The Balaban J connectivity index is 2.12. The summed E-state index contributed by atoms with van der Waals surface area (Å²) in [5, 5.41) is 0. The number of nitrogens with zero attached hydrogens (tertiary/aromatic N) is 1. The fraction of sp³-hybridized carbons (Fsp3) is 0.500. The molecule has 2 rings (SSSR count). The fourth-order valence-electron chi connectivity index (χ4n) is 2.52. The second kappa shape index (κ2) is 6.18. The van der Waals surface area contributed by atoms with Crippen molar-refractivity contribution in [2.75, 3.05) is 24.7 Å². The van der Waals surface area contributed by atoms with Crippen LogP contribution in [-0.4, -0.2) is 31.4 Å². The molecule has 1 aliphatic heterocycles. The first-order chi connectivity index (χ1) is 9.56. The summed E-state index contributed by atoms with van der Waals surface area (Å²) in [5.74, 6) is -0.834. The number of Topliss-reactive ketones (excluding diaryl/α,β-unsaturated/α-hetero) is 1. The summed E-state index contributed by atoms with van der Waals surface area (Å²) in [5.41, 5.74) is 3.21. The number of carbonyl (C=O) groups excluding carboxylic acids is 2. The lowest BCUT2D eigenvalue weighted by molar-refractivity contribution is -0.114. The molecule has 1 heterocycles. The van der Waals surface area contributed by atoms with Gasteiger partial charge in [0.1, 0.15) is 0 Å². The van der Waals surface area contributed by atoms with Gasteiger partial charge in [0.05, 0.1) is 17.9 Å². The van der Waals surface area contributed by atoms with Crippen LogP contribution in [0.3, 0.4) is 0 Å². The normalized spacial score (nSPS) is 14.1. The topological polar surface area (TPSA) is 46.6 Å². The molecular weight excluding hydrogens is 254 g/mol. The third-order valence-electron chi connectivity index (χ3n) is 3.52. The van der Waals surface area contributed by atoms with Crippen molar-refractivity contribution >= 4 is 17.4 Å². The number of amides is 1. The van der Waals surface area contributed by atoms with Gasteiger partial charge in [-0.2, -0.15) is 0 Å². The molecule has 20 heavy (non-hydrogen) atoms. The lowest BCUT2D eigenvalue weighted by Gasteiger charge is -2.17. The van der Waals surface area contributed by atoms with Crippen molar-refractivity contribution in [1.82, 2.24) is 0 Å². The highest BCUT2D eigenvalue weighted by molar-refractivity contribution is 6.52. The largest absolute Gasteiger partial charge is 0.380 e. The first-order valence-electron chi connectivity index (χ1n) is 7.11. The summed E-state index contributed by atoms with van der Waals surface area (Å²) in [6.07, 6.45) is 2.10. The molecule has 0 radical (unpaired) electrons. The third-order valence-corrected chi connectivity index (χ3v) is 3.52. The summed E-state index contributed by atoms with van der Waals surface area (Å²) in [6, 6.07) is 3.84. The van der Waals surface area contributed by atoms with Gasteiger partial charge in [0.25, 0.3) is 11.7 Å². The number of carbonyl (C=O) groups is 2. The Labute approximate surface area is 119 Å². The minimum atomic E-state index is -0.437. The van der Waals surface area contributed by atoms with Crippen LogP contribution in [0.1, 0.15) is 41.3 Å². The van der Waals surface area contributed by atoms with E-state index >= 15 is 0 Å². The molecule has 1 amide bonds. The molecule has 1 aliphatic rings. The van der Waals surface area contributed by atoms with E-state index in [4.69, 9.17) is 4.74 Å². The number of ether oxygens (including phenoxy) is 1. The standard InChI is InChI=1S/C16H21NO3/c1-4-5-7-20-8-6-17-13-10-11(2)9-12(3)14(13)15(18)16(17)19/h9-10H,4-8H2,1-3H3. The predicted octanol–water partition coefficient (Wildman–Crippen LogP) is 2.65. The quantitative estimate of drug-likeness (QED) is 0.592. The maximum absolute atomic E-state index is 12.1. The molecule has 0 spiro atoms. The van der Waals surface area contributed by atoms with E-state index in [-0.39, 0.29) is 0 Å². The van der Waals surface area contributed by atoms with Gasteiger partial charge >= 0.3 is 0 Å². The number of unbranched alkanes of at least 4 members (excludes halogenated alkanes) is 1. The molecule has 0 saturated carbocycles. The zero-order valence-corrected chi connectivity index (χ0v) is 12.4. The molecule has 108 valence electrons. The molecule has 4 heteroatoms. The Morgan fingerprint density at radius 3 is 2.60 bits per heavy atom. The lowest BCUT2D eigenvalue weighted by Crippen LogP contribution is -2.33. The van der Waals surface area contributed by atoms with Gasteiger partial charge in [-0.3, -0.25) is 9.59 Å². The molecular formula is C16H21NO3. The second-order valence-electron chi connectivity index (χ2n) is 5.23. The van der Waals surface area contributed by atoms with Crippen LogP contribution in [0.4, 0.5) is 5.69 Å². The zero-order chi connectivity index (χ0) is 14.7. The number of aryl methyl sites for hydroxylation is 2. The molecule has 1 aromatic carbocycles. The van der Waals surface area contributed by atoms with E-state index in [1.54, 1.807) is 4.90 Å². The highest BCUT2D eigenvalue weighted by Crippen LogP contribution is 2.32. The summed E-state index contributed by atoms with van der Waals surface area (Å²) in [7, 11) is 0. The van der Waals surface area contributed by atoms with Gasteiger partial charge in [-0.25, -0.2) is 0 Å². The van der Waals surface area contributed by atoms with Gasteiger partial charge in [0.15, 0.2) is 0 Å². The average Bonchev–Trinajstić information content (AvgIpc) is 2.63. The highest BCUT2D eigenvalue weighted by atomic mass is 16.5. The van der Waals surface area contributed by atoms with Crippen molar-refractivity contribution < 1.29 is 14.3 Å². The van der Waals surface area contributed by atoms with Gasteiger partial charge < -0.3 is 9.64 Å². The van der Waals surface area contributed by atoms with Crippen LogP contribution >= 0.6 is 0 Å². The van der Waals surface area contributed by atoms with Crippen molar-refractivity contribution in [3.05, 3.63) is 28.8 Å². The minimum Gasteiger partial charge on any atom is -0.380 e. The van der Waals surface area contributed by atoms with Crippen LogP contribution in [0.5, 0.6) is 0 Å². The maximum Gasteiger partial charge on any atom is 0.299 e. The molecule has 0 unspecified atom stereocenters. The molecule has 4 nitrogen and oxygen atoms in total. The Morgan fingerprint density at radius 2 is 1.90 bits per heavy atom. The van der Waals surface area contributed by atoms with Crippen molar-refractivity contribution in [1.29, 1.82) is 0 Å². The Hall–Kier alpha value is -1.68. The SMILES string of the molecule is CCCCOCCN1C(=O)C(=O)c2c(C)cc(C)cc21. The molecule has 0 aromatic heterocycles. The van der Waals surface area contributed by atoms with Crippen LogP contribution in [-0.2, 0) is 9.53 Å². The third kappa shape index (κ3) is 2.75. The van der Waals surface area contributed by atoms with E-state index in [0.717, 1.165) is 29.7 Å². The molecule has 0 saturated heterocycles. The van der Waals surface area contributed by atoms with E-state index in [0.29, 0.717) is 25.3 Å². The second-order valence-corrected chi connectivity index (χ2v) is 5.23. The highest BCUT2D eigenvalue weighted by Gasteiger charge is 2.36. The summed E-state index contributed by atoms with van der Waals surface area (Å²) in [4.78, 5) is 25.7. The van der Waals surface area contributed by atoms with Gasteiger partial charge in [0.2, 0.25) is 0 Å². The van der Waals surface area contributed by atoms with E-state index in [2.05, 4.69) is 6.92 Å². The number of rotatable bonds is 6. The Kier molecular flexibility index (Phi) is 4.55. The molecule has 0 bridgehead atoms. The molecule has 0 atom stereocenters. The van der Waals surface area contributed by atoms with Crippen molar-refractivity contribution in [3.63, 3.8) is 0 Å². The number of ketones is 1. The van der Waals surface area contributed by atoms with E-state index in [1.807, 2.05) is 26.0 Å². The minimum absolute atomic E-state index is 0.397. The molecule has 0 N–H and O–H groups in total. The molecule has 0 aliphatic carbocycles. The van der Waals surface area contributed by atoms with Gasteiger partial charge in [-0.1, -0.05) is 19.4 Å². The van der Waals surface area contributed by atoms with Crippen LogP contribution in [0.15, 0.2) is 12.1 Å². The Morgan fingerprint density at radius 1 is 1.15 bits per heavy atom. The monoisotopic (exact) mass is 275 g/mol. The van der Waals surface area contributed by atoms with Gasteiger partial charge in [-0.15, -0.1) is 0 Å². The smallest absolute Gasteiger partial charge is 0.299 e. The van der Waals surface area contributed by atoms with Crippen LogP contribution in [0.25, 0.3) is 0 Å². The zero-order valence-electron chi connectivity index (χ0n) is 12.4. The number of hydrogen-bond acceptors (Lipinski definition) is 3. The van der Waals surface area contributed by atoms with Crippen LogP contribution in [0, 0.1) is 13.8 Å². The number of anilines is 1. The first kappa shape index (κ1) is 14.7. The average molecular weight is 275 g/mol. The van der Waals surface area contributed by atoms with E-state index in [1.165, 1.54) is 0 Å². The van der Waals surface area contributed by atoms with Gasteiger partial charge in [-0.05, 0) is 37.5 Å². The predicted molar refractivity (Wildman–Crippen MR) is 78.3 cm³/mol. The van der Waals surface area contributed by atoms with E-state index < -0.39 is 11.7 Å². The maximum atomic E-state index is 12.1. The Bertz CT molecular complexity index is 537. The fourth-order valence-corrected chi connectivity index (χ4v) is 2.52. The van der Waals surface area contributed by atoms with Gasteiger partial charge in [0, 0.05) is 13.2 Å². The number of hydrogen-bond donors (Lipinski definition) is 0. The summed E-state index contributed by atoms with van der Waals surface area (Å²) >= 11 is 0. The molecule has 0 fully saturated rings. The lowest BCUT2D eigenvalue weighted by atomic mass is 10.0. The summed E-state index contributed by atoms with van der Waals surface area (Å²) < 4.78 is 5.49. The van der Waals surface area contributed by atoms with Crippen molar-refractivity contribution in [3.8, 4) is 0 Å². The number of fused-ring (bicyclic) bond motifs is 1. The van der Waals surface area contributed by atoms with Crippen LogP contribution < -0.4 is 4.90 Å². The van der Waals surface area contributed by atoms with Crippen LogP contribution in [0.2, 0.25) is 0 Å².